The fourth-order valence-electron chi connectivity index (χ4n) is 1.27. The first-order valence-electron chi connectivity index (χ1n) is 5.26. The Kier molecular flexibility index (Phi) is 5.79. The van der Waals surface area contributed by atoms with Gasteiger partial charge in [-0.2, -0.15) is 0 Å². The van der Waals surface area contributed by atoms with Crippen molar-refractivity contribution < 1.29 is 24.9 Å². The summed E-state index contributed by atoms with van der Waals surface area (Å²) in [5.74, 6) is -0.819. The highest BCUT2D eigenvalue weighted by molar-refractivity contribution is 5.84. The van der Waals surface area contributed by atoms with Crippen molar-refractivity contribution in [3.8, 4) is 0 Å². The number of ether oxygens (including phenoxy) is 1. The van der Waals surface area contributed by atoms with Crippen LogP contribution >= 0.6 is 0 Å². The summed E-state index contributed by atoms with van der Waals surface area (Å²) in [6, 6.07) is 9.32. The number of carbonyl (C=O) groups excluding carboxylic acids is 1. The molecule has 0 aliphatic carbocycles. The van der Waals surface area contributed by atoms with Crippen molar-refractivity contribution in [2.75, 3.05) is 13.2 Å². The quantitative estimate of drug-likeness (QED) is 0.597. The Morgan fingerprint density at radius 3 is 2.47 bits per heavy atom. The Morgan fingerprint density at radius 1 is 1.24 bits per heavy atom. The van der Waals surface area contributed by atoms with E-state index in [-0.39, 0.29) is 13.2 Å². The number of hydrogen-bond acceptors (Lipinski definition) is 5. The van der Waals surface area contributed by atoms with Crippen molar-refractivity contribution in [1.82, 2.24) is 0 Å². The fraction of sp³-hybridized carbons (Fsp3) is 0.417. The zero-order chi connectivity index (χ0) is 12.7. The third kappa shape index (κ3) is 4.62. The highest BCUT2D eigenvalue weighted by Gasteiger charge is 2.23. The molecular formula is C12H16O5. The van der Waals surface area contributed by atoms with E-state index in [1.54, 1.807) is 0 Å². The van der Waals surface area contributed by atoms with E-state index in [0.29, 0.717) is 0 Å². The number of benzene rings is 1. The minimum absolute atomic E-state index is 0.165. The molecule has 0 aromatic heterocycles. The van der Waals surface area contributed by atoms with Crippen LogP contribution in [0.25, 0.3) is 0 Å². The third-order valence-corrected chi connectivity index (χ3v) is 2.25. The van der Waals surface area contributed by atoms with E-state index in [1.165, 1.54) is 0 Å². The van der Waals surface area contributed by atoms with E-state index in [0.717, 1.165) is 5.56 Å². The highest BCUT2D eigenvalue weighted by atomic mass is 16.5. The standard InChI is InChI=1S/C12H16O5/c13-6-10(14)12(16)11(15)8-17-7-9-4-2-1-3-5-9/h1-5,11-13,15-16H,6-8H2/t11-,12-/m1/s1. The number of Topliss-reactive ketones (excluding diaryl/α,β-unsaturated/α-hetero) is 1. The van der Waals surface area contributed by atoms with Gasteiger partial charge in [-0.05, 0) is 5.56 Å². The molecule has 0 bridgehead atoms. The first-order chi connectivity index (χ1) is 8.15. The lowest BCUT2D eigenvalue weighted by atomic mass is 10.1. The number of aliphatic hydroxyl groups is 3. The van der Waals surface area contributed by atoms with Gasteiger partial charge in [0.1, 0.15) is 18.8 Å². The second-order valence-corrected chi connectivity index (χ2v) is 3.64. The summed E-state index contributed by atoms with van der Waals surface area (Å²) in [4.78, 5) is 10.9. The van der Waals surface area contributed by atoms with Crippen molar-refractivity contribution in [3.63, 3.8) is 0 Å². The van der Waals surface area contributed by atoms with Gasteiger partial charge in [-0.3, -0.25) is 4.79 Å². The highest BCUT2D eigenvalue weighted by Crippen LogP contribution is 2.02. The summed E-state index contributed by atoms with van der Waals surface area (Å²) >= 11 is 0. The van der Waals surface area contributed by atoms with E-state index >= 15 is 0 Å². The van der Waals surface area contributed by atoms with Crippen molar-refractivity contribution >= 4 is 5.78 Å². The number of hydrogen-bond donors (Lipinski definition) is 3. The normalized spacial score (nSPS) is 14.3. The molecule has 94 valence electrons. The van der Waals surface area contributed by atoms with Crippen LogP contribution in [0.4, 0.5) is 0 Å². The summed E-state index contributed by atoms with van der Waals surface area (Å²) in [6.07, 6.45) is -2.92. The molecule has 0 radical (unpaired) electrons. The van der Waals surface area contributed by atoms with Crippen LogP contribution in [0, 0.1) is 0 Å². The average molecular weight is 240 g/mol. The van der Waals surface area contributed by atoms with Gasteiger partial charge in [0.15, 0.2) is 5.78 Å². The monoisotopic (exact) mass is 240 g/mol. The first kappa shape index (κ1) is 13.8. The predicted octanol–water partition coefficient (Wildman–Crippen LogP) is -0.514. The maximum absolute atomic E-state index is 10.9. The van der Waals surface area contributed by atoms with Gasteiger partial charge in [-0.25, -0.2) is 0 Å². The average Bonchev–Trinajstić information content (AvgIpc) is 2.38. The zero-order valence-electron chi connectivity index (χ0n) is 9.32. The van der Waals surface area contributed by atoms with Crippen LogP contribution in [-0.4, -0.2) is 46.5 Å². The van der Waals surface area contributed by atoms with Crippen molar-refractivity contribution in [3.05, 3.63) is 35.9 Å². The molecule has 1 rings (SSSR count). The molecule has 0 saturated carbocycles. The molecule has 3 N–H and O–H groups in total. The molecule has 0 saturated heterocycles. The maximum atomic E-state index is 10.9. The van der Waals surface area contributed by atoms with Gasteiger partial charge in [-0.15, -0.1) is 0 Å². The molecular weight excluding hydrogens is 224 g/mol. The Labute approximate surface area is 99.3 Å². The molecule has 1 aromatic carbocycles. The largest absolute Gasteiger partial charge is 0.388 e. The molecule has 0 heterocycles. The second kappa shape index (κ2) is 7.13. The fourth-order valence-corrected chi connectivity index (χ4v) is 1.27. The van der Waals surface area contributed by atoms with Gasteiger partial charge in [0.25, 0.3) is 0 Å². The van der Waals surface area contributed by atoms with E-state index in [9.17, 15) is 15.0 Å². The van der Waals surface area contributed by atoms with Gasteiger partial charge in [0.05, 0.1) is 13.2 Å². The lowest BCUT2D eigenvalue weighted by molar-refractivity contribution is -0.138. The zero-order valence-corrected chi connectivity index (χ0v) is 9.32. The molecule has 0 aliphatic heterocycles. The Bertz CT molecular complexity index is 338. The topological polar surface area (TPSA) is 87.0 Å². The molecule has 1 aromatic rings. The van der Waals surface area contributed by atoms with Gasteiger partial charge in [-0.1, -0.05) is 30.3 Å². The van der Waals surface area contributed by atoms with Crippen LogP contribution in [0.2, 0.25) is 0 Å². The number of aliphatic hydroxyl groups excluding tert-OH is 3. The molecule has 0 spiro atoms. The van der Waals surface area contributed by atoms with Crippen LogP contribution in [-0.2, 0) is 16.1 Å². The van der Waals surface area contributed by atoms with Crippen molar-refractivity contribution in [2.45, 2.75) is 18.8 Å². The summed E-state index contributed by atoms with van der Waals surface area (Å²) < 4.78 is 5.15. The van der Waals surface area contributed by atoms with Crippen molar-refractivity contribution in [1.29, 1.82) is 0 Å². The van der Waals surface area contributed by atoms with Crippen LogP contribution in [0.1, 0.15) is 5.56 Å². The molecule has 5 heteroatoms. The number of ketones is 1. The summed E-state index contributed by atoms with van der Waals surface area (Å²) in [5, 5.41) is 27.1. The minimum atomic E-state index is -1.60. The van der Waals surface area contributed by atoms with E-state index in [4.69, 9.17) is 9.84 Å². The van der Waals surface area contributed by atoms with Gasteiger partial charge < -0.3 is 20.1 Å². The predicted molar refractivity (Wildman–Crippen MR) is 60.2 cm³/mol. The molecule has 0 unspecified atom stereocenters. The third-order valence-electron chi connectivity index (χ3n) is 2.25. The minimum Gasteiger partial charge on any atom is -0.388 e. The Hall–Kier alpha value is -1.27. The number of carbonyl (C=O) groups is 1. The Morgan fingerprint density at radius 2 is 1.88 bits per heavy atom. The van der Waals surface area contributed by atoms with Crippen molar-refractivity contribution in [2.24, 2.45) is 0 Å². The van der Waals surface area contributed by atoms with Gasteiger partial charge in [0.2, 0.25) is 0 Å². The molecule has 0 fully saturated rings. The molecule has 2 atom stereocenters. The smallest absolute Gasteiger partial charge is 0.189 e. The van der Waals surface area contributed by atoms with Crippen LogP contribution in [0.15, 0.2) is 30.3 Å². The Balaban J connectivity index is 2.29. The van der Waals surface area contributed by atoms with Crippen LogP contribution in [0.5, 0.6) is 0 Å². The lowest BCUT2D eigenvalue weighted by Gasteiger charge is -2.15. The van der Waals surface area contributed by atoms with Crippen LogP contribution < -0.4 is 0 Å². The van der Waals surface area contributed by atoms with Gasteiger partial charge >= 0.3 is 0 Å². The van der Waals surface area contributed by atoms with E-state index < -0.39 is 24.6 Å². The van der Waals surface area contributed by atoms with E-state index in [1.807, 2.05) is 30.3 Å². The van der Waals surface area contributed by atoms with E-state index in [2.05, 4.69) is 0 Å². The van der Waals surface area contributed by atoms with Gasteiger partial charge in [0, 0.05) is 0 Å². The molecule has 17 heavy (non-hydrogen) atoms. The lowest BCUT2D eigenvalue weighted by Crippen LogP contribution is -2.38. The molecule has 5 nitrogen and oxygen atoms in total. The summed E-state index contributed by atoms with van der Waals surface area (Å²) in [6.45, 7) is -0.670. The molecule has 0 aliphatic rings. The summed E-state index contributed by atoms with van der Waals surface area (Å²) in [5.41, 5.74) is 0.933. The SMILES string of the molecule is O=C(CO)[C@@H](O)[C@H](O)COCc1ccccc1. The van der Waals surface area contributed by atoms with Crippen LogP contribution in [0.3, 0.4) is 0 Å². The maximum Gasteiger partial charge on any atom is 0.189 e. The first-order valence-corrected chi connectivity index (χ1v) is 5.26. The number of rotatable bonds is 7. The summed E-state index contributed by atoms with van der Waals surface area (Å²) in [7, 11) is 0. The molecule has 0 amide bonds. The second-order valence-electron chi connectivity index (χ2n) is 3.64.